The third-order valence-corrected chi connectivity index (χ3v) is 3.68. The quantitative estimate of drug-likeness (QED) is 0.854. The van der Waals surface area contributed by atoms with Crippen molar-refractivity contribution < 1.29 is 9.52 Å². The van der Waals surface area contributed by atoms with Crippen LogP contribution in [0.25, 0.3) is 0 Å². The molecular weight excluding hydrogens is 212 g/mol. The number of hydrogen-bond acceptors (Lipinski definition) is 2. The monoisotopic (exact) mass is 228 g/mol. The number of fused-ring (bicyclic) bond motifs is 1. The average Bonchev–Trinajstić information content (AvgIpc) is 2.91. The zero-order valence-electron chi connectivity index (χ0n) is 9.67. The summed E-state index contributed by atoms with van der Waals surface area (Å²) in [4.78, 5) is 0. The third kappa shape index (κ3) is 1.89. The Morgan fingerprint density at radius 1 is 1.24 bits per heavy atom. The lowest BCUT2D eigenvalue weighted by atomic mass is 9.78. The van der Waals surface area contributed by atoms with E-state index in [4.69, 9.17) is 4.42 Å². The smallest absolute Gasteiger partial charge is 0.0960 e. The molecule has 0 aliphatic heterocycles. The molecule has 0 fully saturated rings. The van der Waals surface area contributed by atoms with E-state index in [0.717, 1.165) is 24.8 Å². The summed E-state index contributed by atoms with van der Waals surface area (Å²) in [6.45, 7) is 0. The van der Waals surface area contributed by atoms with E-state index >= 15 is 0 Å². The van der Waals surface area contributed by atoms with Crippen molar-refractivity contribution in [3.63, 3.8) is 0 Å². The van der Waals surface area contributed by atoms with Crippen LogP contribution in [0.2, 0.25) is 0 Å². The molecule has 1 heterocycles. The third-order valence-electron chi connectivity index (χ3n) is 3.68. The van der Waals surface area contributed by atoms with Gasteiger partial charge in [-0.1, -0.05) is 24.3 Å². The molecule has 0 spiro atoms. The second-order valence-corrected chi connectivity index (χ2v) is 4.70. The first kappa shape index (κ1) is 10.6. The highest BCUT2D eigenvalue weighted by atomic mass is 16.3. The van der Waals surface area contributed by atoms with Crippen molar-refractivity contribution in [3.8, 4) is 0 Å². The van der Waals surface area contributed by atoms with Crippen molar-refractivity contribution >= 4 is 0 Å². The molecule has 2 unspecified atom stereocenters. The minimum Gasteiger partial charge on any atom is -0.472 e. The van der Waals surface area contributed by atoms with Crippen molar-refractivity contribution in [1.82, 2.24) is 0 Å². The fourth-order valence-electron chi connectivity index (χ4n) is 2.80. The molecule has 0 saturated carbocycles. The van der Waals surface area contributed by atoms with Crippen LogP contribution in [-0.4, -0.2) is 5.11 Å². The van der Waals surface area contributed by atoms with Gasteiger partial charge in [0, 0.05) is 11.5 Å². The molecule has 1 aromatic carbocycles. The molecule has 17 heavy (non-hydrogen) atoms. The van der Waals surface area contributed by atoms with Crippen molar-refractivity contribution in [2.45, 2.75) is 31.3 Å². The lowest BCUT2D eigenvalue weighted by Gasteiger charge is -2.28. The largest absolute Gasteiger partial charge is 0.472 e. The van der Waals surface area contributed by atoms with Crippen molar-refractivity contribution in [2.75, 3.05) is 0 Å². The standard InChI is InChI=1S/C15H16O2/c16-15(12-8-9-17-10-12)14-7-3-5-11-4-1-2-6-13(11)14/h1-2,4,6,8-10,14-16H,3,5,7H2. The Hall–Kier alpha value is -1.54. The molecular formula is C15H16O2. The molecule has 2 aromatic rings. The first-order chi connectivity index (χ1) is 8.36. The fourth-order valence-corrected chi connectivity index (χ4v) is 2.80. The topological polar surface area (TPSA) is 33.4 Å². The van der Waals surface area contributed by atoms with E-state index in [-0.39, 0.29) is 5.92 Å². The maximum absolute atomic E-state index is 10.4. The van der Waals surface area contributed by atoms with Crippen LogP contribution in [0.5, 0.6) is 0 Å². The van der Waals surface area contributed by atoms with Crippen LogP contribution in [0.3, 0.4) is 0 Å². The van der Waals surface area contributed by atoms with E-state index in [1.54, 1.807) is 12.5 Å². The van der Waals surface area contributed by atoms with E-state index in [0.29, 0.717) is 0 Å². The van der Waals surface area contributed by atoms with Gasteiger partial charge < -0.3 is 9.52 Å². The SMILES string of the molecule is OC(c1ccoc1)C1CCCc2ccccc21. The van der Waals surface area contributed by atoms with Gasteiger partial charge >= 0.3 is 0 Å². The summed E-state index contributed by atoms with van der Waals surface area (Å²) < 4.78 is 5.05. The van der Waals surface area contributed by atoms with Gasteiger partial charge in [0.05, 0.1) is 18.6 Å². The highest BCUT2D eigenvalue weighted by molar-refractivity contribution is 5.34. The van der Waals surface area contributed by atoms with Gasteiger partial charge in [0.25, 0.3) is 0 Å². The van der Waals surface area contributed by atoms with Crippen LogP contribution >= 0.6 is 0 Å². The van der Waals surface area contributed by atoms with Gasteiger partial charge in [-0.3, -0.25) is 0 Å². The van der Waals surface area contributed by atoms with Crippen LogP contribution in [-0.2, 0) is 6.42 Å². The van der Waals surface area contributed by atoms with Crippen LogP contribution in [0.4, 0.5) is 0 Å². The zero-order valence-corrected chi connectivity index (χ0v) is 9.67. The predicted molar refractivity (Wildman–Crippen MR) is 65.8 cm³/mol. The summed E-state index contributed by atoms with van der Waals surface area (Å²) in [6, 6.07) is 10.3. The maximum atomic E-state index is 10.4. The Morgan fingerprint density at radius 2 is 2.12 bits per heavy atom. The maximum Gasteiger partial charge on any atom is 0.0960 e. The number of hydrogen-bond donors (Lipinski definition) is 1. The van der Waals surface area contributed by atoms with E-state index in [2.05, 4.69) is 24.3 Å². The van der Waals surface area contributed by atoms with Gasteiger partial charge in [-0.05, 0) is 36.5 Å². The lowest BCUT2D eigenvalue weighted by molar-refractivity contribution is 0.135. The fraction of sp³-hybridized carbons (Fsp3) is 0.333. The van der Waals surface area contributed by atoms with E-state index < -0.39 is 6.10 Å². The number of furan rings is 1. The number of aliphatic hydroxyl groups is 1. The van der Waals surface area contributed by atoms with Crippen molar-refractivity contribution in [1.29, 1.82) is 0 Å². The van der Waals surface area contributed by atoms with Gasteiger partial charge in [0.1, 0.15) is 0 Å². The van der Waals surface area contributed by atoms with Crippen molar-refractivity contribution in [3.05, 3.63) is 59.5 Å². The summed E-state index contributed by atoms with van der Waals surface area (Å²) in [5.74, 6) is 0.206. The molecule has 1 aromatic heterocycles. The molecule has 0 saturated heterocycles. The second-order valence-electron chi connectivity index (χ2n) is 4.70. The highest BCUT2D eigenvalue weighted by Crippen LogP contribution is 2.40. The molecule has 2 nitrogen and oxygen atoms in total. The van der Waals surface area contributed by atoms with Gasteiger partial charge in [-0.25, -0.2) is 0 Å². The number of aliphatic hydroxyl groups excluding tert-OH is 1. The number of benzene rings is 1. The van der Waals surface area contributed by atoms with E-state index in [1.165, 1.54) is 11.1 Å². The van der Waals surface area contributed by atoms with Crippen LogP contribution in [0, 0.1) is 0 Å². The molecule has 2 heteroatoms. The molecule has 1 aliphatic carbocycles. The summed E-state index contributed by atoms with van der Waals surface area (Å²) in [5.41, 5.74) is 3.56. The van der Waals surface area contributed by atoms with Crippen LogP contribution in [0.1, 0.15) is 41.6 Å². The average molecular weight is 228 g/mol. The molecule has 2 atom stereocenters. The van der Waals surface area contributed by atoms with Gasteiger partial charge in [0.2, 0.25) is 0 Å². The first-order valence-electron chi connectivity index (χ1n) is 6.14. The minimum absolute atomic E-state index is 0.206. The predicted octanol–water partition coefficient (Wildman–Crippen LogP) is 3.43. The Morgan fingerprint density at radius 3 is 2.94 bits per heavy atom. The lowest BCUT2D eigenvalue weighted by Crippen LogP contribution is -2.16. The summed E-state index contributed by atoms with van der Waals surface area (Å²) in [6.07, 6.45) is 6.13. The van der Waals surface area contributed by atoms with Gasteiger partial charge in [0.15, 0.2) is 0 Å². The normalized spacial score (nSPS) is 20.9. The first-order valence-corrected chi connectivity index (χ1v) is 6.14. The highest BCUT2D eigenvalue weighted by Gasteiger charge is 2.27. The van der Waals surface area contributed by atoms with Crippen LogP contribution in [0.15, 0.2) is 47.3 Å². The number of rotatable bonds is 2. The van der Waals surface area contributed by atoms with E-state index in [1.807, 2.05) is 6.07 Å². The van der Waals surface area contributed by atoms with Gasteiger partial charge in [-0.2, -0.15) is 0 Å². The van der Waals surface area contributed by atoms with Crippen LogP contribution < -0.4 is 0 Å². The Kier molecular flexibility index (Phi) is 2.73. The Bertz CT molecular complexity index is 487. The molecule has 3 rings (SSSR count). The molecule has 1 aliphatic rings. The van der Waals surface area contributed by atoms with E-state index in [9.17, 15) is 5.11 Å². The molecule has 88 valence electrons. The van der Waals surface area contributed by atoms with Gasteiger partial charge in [-0.15, -0.1) is 0 Å². The summed E-state index contributed by atoms with van der Waals surface area (Å²) in [7, 11) is 0. The Balaban J connectivity index is 1.95. The molecule has 0 radical (unpaired) electrons. The number of aryl methyl sites for hydroxylation is 1. The molecule has 0 amide bonds. The summed E-state index contributed by atoms with van der Waals surface area (Å²) >= 11 is 0. The minimum atomic E-state index is -0.449. The second kappa shape index (κ2) is 4.38. The molecule has 1 N–H and O–H groups in total. The molecule has 0 bridgehead atoms. The zero-order chi connectivity index (χ0) is 11.7. The Labute approximate surface area is 101 Å². The summed E-state index contributed by atoms with van der Waals surface area (Å²) in [5, 5.41) is 10.4. The van der Waals surface area contributed by atoms with Crippen molar-refractivity contribution in [2.24, 2.45) is 0 Å².